The second kappa shape index (κ2) is 9.51. The molecule has 0 bridgehead atoms. The number of ether oxygens (including phenoxy) is 2. The Labute approximate surface area is 183 Å². The average Bonchev–Trinajstić information content (AvgIpc) is 2.69. The van der Waals surface area contributed by atoms with Gasteiger partial charge >= 0.3 is 0 Å². The van der Waals surface area contributed by atoms with Gasteiger partial charge in [-0.3, -0.25) is 0 Å². The first-order valence-corrected chi connectivity index (χ1v) is 10.3. The highest BCUT2D eigenvalue weighted by atomic mass is 79.9. The smallest absolute Gasteiger partial charge is 0.167 e. The second-order valence-electron chi connectivity index (χ2n) is 6.73. The van der Waals surface area contributed by atoms with Crippen LogP contribution in [0.25, 0.3) is 0 Å². The Morgan fingerprint density at radius 2 is 1.83 bits per heavy atom. The molecule has 0 saturated heterocycles. The molecule has 0 aliphatic rings. The molecule has 0 saturated carbocycles. The highest BCUT2D eigenvalue weighted by molar-refractivity contribution is 9.10. The molecule has 3 aromatic rings. The zero-order chi connectivity index (χ0) is 21.0. The molecule has 152 valence electrons. The van der Waals surface area contributed by atoms with E-state index in [-0.39, 0.29) is 12.4 Å². The summed E-state index contributed by atoms with van der Waals surface area (Å²) >= 11 is 9.75. The molecule has 0 fully saturated rings. The summed E-state index contributed by atoms with van der Waals surface area (Å²) in [6, 6.07) is 14.3. The standard InChI is InChI=1S/C23H22BrClFNO2/c1-14-4-7-18(10-15(14)2)27-12-19-20(24)8-9-22(28-3)23(19)29-13-16-5-6-17(26)11-21(16)25/h4-11,27H,12-13H2,1-3H3. The van der Waals surface area contributed by atoms with Crippen LogP contribution in [0.4, 0.5) is 10.1 Å². The number of nitrogens with one attached hydrogen (secondary N) is 1. The molecule has 0 heterocycles. The van der Waals surface area contributed by atoms with E-state index in [1.54, 1.807) is 13.2 Å². The van der Waals surface area contributed by atoms with E-state index in [4.69, 9.17) is 21.1 Å². The van der Waals surface area contributed by atoms with Gasteiger partial charge in [-0.1, -0.05) is 39.7 Å². The van der Waals surface area contributed by atoms with Crippen molar-refractivity contribution in [1.82, 2.24) is 0 Å². The molecule has 0 aliphatic heterocycles. The molecule has 3 aromatic carbocycles. The number of rotatable bonds is 7. The van der Waals surface area contributed by atoms with E-state index in [1.807, 2.05) is 12.1 Å². The molecule has 0 radical (unpaired) electrons. The average molecular weight is 479 g/mol. The zero-order valence-electron chi connectivity index (χ0n) is 16.5. The van der Waals surface area contributed by atoms with Gasteiger partial charge in [-0.05, 0) is 61.4 Å². The van der Waals surface area contributed by atoms with Gasteiger partial charge in [0.2, 0.25) is 0 Å². The van der Waals surface area contributed by atoms with Crippen LogP contribution < -0.4 is 14.8 Å². The van der Waals surface area contributed by atoms with Crippen molar-refractivity contribution in [2.75, 3.05) is 12.4 Å². The number of benzene rings is 3. The minimum Gasteiger partial charge on any atom is -0.493 e. The summed E-state index contributed by atoms with van der Waals surface area (Å²) in [6.45, 7) is 4.91. The Balaban J connectivity index is 1.85. The first-order chi connectivity index (χ1) is 13.9. The summed E-state index contributed by atoms with van der Waals surface area (Å²) in [5, 5.41) is 3.76. The van der Waals surface area contributed by atoms with Gasteiger partial charge in [-0.25, -0.2) is 4.39 Å². The summed E-state index contributed by atoms with van der Waals surface area (Å²) in [6.07, 6.45) is 0. The maximum absolute atomic E-state index is 13.3. The van der Waals surface area contributed by atoms with Crippen LogP contribution in [-0.2, 0) is 13.2 Å². The van der Waals surface area contributed by atoms with Gasteiger partial charge in [0.05, 0.1) is 12.1 Å². The van der Waals surface area contributed by atoms with E-state index in [1.165, 1.54) is 23.3 Å². The van der Waals surface area contributed by atoms with Crippen molar-refractivity contribution >= 4 is 33.2 Å². The lowest BCUT2D eigenvalue weighted by atomic mass is 10.1. The first kappa shape index (κ1) is 21.5. The molecular weight excluding hydrogens is 457 g/mol. The fraction of sp³-hybridized carbons (Fsp3) is 0.217. The SMILES string of the molecule is COc1ccc(Br)c(CNc2ccc(C)c(C)c2)c1OCc1ccc(F)cc1Cl. The van der Waals surface area contributed by atoms with Crippen molar-refractivity contribution in [3.63, 3.8) is 0 Å². The van der Waals surface area contributed by atoms with E-state index >= 15 is 0 Å². The molecular formula is C23H22BrClFNO2. The van der Waals surface area contributed by atoms with Crippen LogP contribution in [0.1, 0.15) is 22.3 Å². The largest absolute Gasteiger partial charge is 0.493 e. The molecule has 0 spiro atoms. The van der Waals surface area contributed by atoms with Gasteiger partial charge in [0, 0.05) is 27.8 Å². The van der Waals surface area contributed by atoms with E-state index in [9.17, 15) is 4.39 Å². The van der Waals surface area contributed by atoms with Crippen LogP contribution >= 0.6 is 27.5 Å². The van der Waals surface area contributed by atoms with Crippen molar-refractivity contribution in [3.8, 4) is 11.5 Å². The lowest BCUT2D eigenvalue weighted by Gasteiger charge is -2.18. The van der Waals surface area contributed by atoms with Gasteiger partial charge < -0.3 is 14.8 Å². The summed E-state index contributed by atoms with van der Waals surface area (Å²) < 4.78 is 25.8. The highest BCUT2D eigenvalue weighted by Gasteiger charge is 2.16. The molecule has 29 heavy (non-hydrogen) atoms. The number of methoxy groups -OCH3 is 1. The molecule has 3 rings (SSSR count). The van der Waals surface area contributed by atoms with Crippen molar-refractivity contribution in [3.05, 3.63) is 86.1 Å². The van der Waals surface area contributed by atoms with Gasteiger partial charge in [0.1, 0.15) is 12.4 Å². The molecule has 0 atom stereocenters. The van der Waals surface area contributed by atoms with Crippen molar-refractivity contribution in [2.45, 2.75) is 27.0 Å². The van der Waals surface area contributed by atoms with Gasteiger partial charge in [-0.2, -0.15) is 0 Å². The van der Waals surface area contributed by atoms with Crippen molar-refractivity contribution in [2.24, 2.45) is 0 Å². The minimum atomic E-state index is -0.378. The lowest BCUT2D eigenvalue weighted by molar-refractivity contribution is 0.281. The third kappa shape index (κ3) is 5.22. The summed E-state index contributed by atoms with van der Waals surface area (Å²) in [5.74, 6) is 0.846. The van der Waals surface area contributed by atoms with Crippen molar-refractivity contribution < 1.29 is 13.9 Å². The van der Waals surface area contributed by atoms with E-state index < -0.39 is 0 Å². The monoisotopic (exact) mass is 477 g/mol. The van der Waals surface area contributed by atoms with Gasteiger partial charge in [-0.15, -0.1) is 0 Å². The quantitative estimate of drug-likeness (QED) is 0.394. The topological polar surface area (TPSA) is 30.5 Å². The van der Waals surface area contributed by atoms with Crippen LogP contribution in [0, 0.1) is 19.7 Å². The molecule has 0 unspecified atom stereocenters. The fourth-order valence-electron chi connectivity index (χ4n) is 2.90. The molecule has 3 nitrogen and oxygen atoms in total. The van der Waals surface area contributed by atoms with Gasteiger partial charge in [0.25, 0.3) is 0 Å². The van der Waals surface area contributed by atoms with Crippen LogP contribution in [0.2, 0.25) is 5.02 Å². The summed E-state index contributed by atoms with van der Waals surface area (Å²) in [7, 11) is 1.60. The Hall–Kier alpha value is -2.24. The number of hydrogen-bond acceptors (Lipinski definition) is 3. The molecule has 0 aliphatic carbocycles. The van der Waals surface area contributed by atoms with Gasteiger partial charge in [0.15, 0.2) is 11.5 Å². The maximum atomic E-state index is 13.3. The predicted molar refractivity (Wildman–Crippen MR) is 120 cm³/mol. The Morgan fingerprint density at radius 3 is 2.52 bits per heavy atom. The Morgan fingerprint density at radius 1 is 1.03 bits per heavy atom. The number of aryl methyl sites for hydroxylation is 2. The predicted octanol–water partition coefficient (Wildman–Crippen LogP) is 7.06. The lowest BCUT2D eigenvalue weighted by Crippen LogP contribution is -2.07. The van der Waals surface area contributed by atoms with Crippen molar-refractivity contribution in [1.29, 1.82) is 0 Å². The molecule has 0 amide bonds. The van der Waals surface area contributed by atoms with E-state index in [0.29, 0.717) is 28.6 Å². The van der Waals surface area contributed by atoms with Crippen LogP contribution in [0.3, 0.4) is 0 Å². The number of halogens is 3. The minimum absolute atomic E-state index is 0.197. The fourth-order valence-corrected chi connectivity index (χ4v) is 3.57. The normalized spacial score (nSPS) is 10.7. The molecule has 1 N–H and O–H groups in total. The molecule has 0 aromatic heterocycles. The Kier molecular flexibility index (Phi) is 7.04. The van der Waals surface area contributed by atoms with E-state index in [2.05, 4.69) is 53.3 Å². The Bertz CT molecular complexity index is 1030. The van der Waals surface area contributed by atoms with Crippen LogP contribution in [0.15, 0.2) is 53.0 Å². The number of hydrogen-bond donors (Lipinski definition) is 1. The second-order valence-corrected chi connectivity index (χ2v) is 8.00. The highest BCUT2D eigenvalue weighted by Crippen LogP contribution is 2.37. The maximum Gasteiger partial charge on any atom is 0.167 e. The first-order valence-electron chi connectivity index (χ1n) is 9.12. The third-order valence-electron chi connectivity index (χ3n) is 4.75. The van der Waals surface area contributed by atoms with Crippen LogP contribution in [0.5, 0.6) is 11.5 Å². The zero-order valence-corrected chi connectivity index (χ0v) is 18.8. The third-order valence-corrected chi connectivity index (χ3v) is 5.85. The van der Waals surface area contributed by atoms with Crippen LogP contribution in [-0.4, -0.2) is 7.11 Å². The number of anilines is 1. The summed E-state index contributed by atoms with van der Waals surface area (Å²) in [5.41, 5.74) is 5.11. The summed E-state index contributed by atoms with van der Waals surface area (Å²) in [4.78, 5) is 0. The molecule has 6 heteroatoms. The van der Waals surface area contributed by atoms with E-state index in [0.717, 1.165) is 15.7 Å².